The summed E-state index contributed by atoms with van der Waals surface area (Å²) in [6, 6.07) is 0.511. The van der Waals surface area contributed by atoms with Gasteiger partial charge in [0, 0.05) is 31.5 Å². The number of amides is 1. The second-order valence-electron chi connectivity index (χ2n) is 7.45. The van der Waals surface area contributed by atoms with Crippen molar-refractivity contribution in [1.29, 1.82) is 0 Å². The van der Waals surface area contributed by atoms with Crippen molar-refractivity contribution in [3.05, 3.63) is 0 Å². The van der Waals surface area contributed by atoms with Crippen molar-refractivity contribution < 1.29 is 9.53 Å². The van der Waals surface area contributed by atoms with Crippen LogP contribution in [-0.2, 0) is 9.53 Å². The Morgan fingerprint density at radius 1 is 1.19 bits per heavy atom. The molecule has 2 saturated carbocycles. The summed E-state index contributed by atoms with van der Waals surface area (Å²) in [6.07, 6.45) is 10.2. The summed E-state index contributed by atoms with van der Waals surface area (Å²) >= 11 is 0. The summed E-state index contributed by atoms with van der Waals surface area (Å²) < 4.78 is 5.47. The van der Waals surface area contributed by atoms with Crippen molar-refractivity contribution in [2.45, 2.75) is 63.8 Å². The van der Waals surface area contributed by atoms with Crippen LogP contribution in [0.2, 0.25) is 0 Å². The molecule has 3 rings (SSSR count). The fourth-order valence-corrected chi connectivity index (χ4v) is 4.02. The van der Waals surface area contributed by atoms with Crippen LogP contribution >= 0.6 is 0 Å². The Hall–Kier alpha value is -0.610. The van der Waals surface area contributed by atoms with E-state index in [4.69, 9.17) is 10.5 Å². The zero-order valence-corrected chi connectivity index (χ0v) is 13.2. The lowest BCUT2D eigenvalue weighted by Crippen LogP contribution is -2.43. The van der Waals surface area contributed by atoms with Gasteiger partial charge in [-0.3, -0.25) is 4.79 Å². The summed E-state index contributed by atoms with van der Waals surface area (Å²) in [7, 11) is 0. The van der Waals surface area contributed by atoms with Crippen LogP contribution in [0.25, 0.3) is 0 Å². The molecule has 120 valence electrons. The van der Waals surface area contributed by atoms with E-state index in [9.17, 15) is 4.79 Å². The molecule has 3 aliphatic rings. The highest BCUT2D eigenvalue weighted by Gasteiger charge is 2.39. The lowest BCUT2D eigenvalue weighted by Gasteiger charge is -2.37. The van der Waals surface area contributed by atoms with Gasteiger partial charge in [0.2, 0.25) is 5.91 Å². The van der Waals surface area contributed by atoms with E-state index < -0.39 is 0 Å². The van der Waals surface area contributed by atoms with Crippen LogP contribution in [0.1, 0.15) is 57.8 Å². The van der Waals surface area contributed by atoms with Crippen molar-refractivity contribution >= 4 is 5.91 Å². The van der Waals surface area contributed by atoms with Crippen LogP contribution < -0.4 is 5.73 Å². The minimum Gasteiger partial charge on any atom is -0.381 e. The third-order valence-corrected chi connectivity index (χ3v) is 5.66. The second kappa shape index (κ2) is 6.66. The first kappa shape index (κ1) is 15.3. The molecular weight excluding hydrogens is 264 g/mol. The molecular formula is C17H30N2O2. The molecule has 1 saturated heterocycles. The number of carbonyl (C=O) groups is 1. The molecule has 1 aliphatic heterocycles. The van der Waals surface area contributed by atoms with Crippen molar-refractivity contribution in [1.82, 2.24) is 4.90 Å². The number of hydrogen-bond acceptors (Lipinski definition) is 3. The maximum absolute atomic E-state index is 12.9. The van der Waals surface area contributed by atoms with Gasteiger partial charge in [0.05, 0.1) is 6.61 Å². The van der Waals surface area contributed by atoms with Crippen molar-refractivity contribution in [2.75, 3.05) is 26.3 Å². The first-order chi connectivity index (χ1) is 10.2. The predicted molar refractivity (Wildman–Crippen MR) is 82.9 cm³/mol. The highest BCUT2D eigenvalue weighted by atomic mass is 16.5. The fraction of sp³-hybridized carbons (Fsp3) is 0.941. The van der Waals surface area contributed by atoms with Gasteiger partial charge in [0.15, 0.2) is 0 Å². The minimum absolute atomic E-state index is 0.0919. The third kappa shape index (κ3) is 3.78. The maximum Gasteiger partial charge on any atom is 0.223 e. The number of nitrogens with zero attached hydrogens (tertiary/aromatic N) is 1. The molecule has 0 radical (unpaired) electrons. The molecule has 0 aromatic carbocycles. The molecule has 0 aromatic heterocycles. The fourth-order valence-electron chi connectivity index (χ4n) is 4.02. The summed E-state index contributed by atoms with van der Waals surface area (Å²) in [5.41, 5.74) is 6.14. The zero-order valence-electron chi connectivity index (χ0n) is 13.2. The lowest BCUT2D eigenvalue weighted by atomic mass is 9.71. The second-order valence-corrected chi connectivity index (χ2v) is 7.45. The summed E-state index contributed by atoms with van der Waals surface area (Å²) in [5, 5.41) is 0. The molecule has 4 nitrogen and oxygen atoms in total. The molecule has 1 heterocycles. The molecule has 3 fully saturated rings. The standard InChI is InChI=1S/C17H30N2O2/c18-13-17(7-2-1-3-8-17)10-16(20)19(15-4-5-15)11-14-6-9-21-12-14/h14-15H,1-13,18H2. The van der Waals surface area contributed by atoms with Crippen LogP contribution in [0.3, 0.4) is 0 Å². The molecule has 21 heavy (non-hydrogen) atoms. The Balaban J connectivity index is 1.60. The first-order valence-electron chi connectivity index (χ1n) is 8.80. The van der Waals surface area contributed by atoms with Crippen LogP contribution in [-0.4, -0.2) is 43.2 Å². The Bertz CT molecular complexity index is 356. The number of nitrogens with two attached hydrogens (primary N) is 1. The van der Waals surface area contributed by atoms with Gasteiger partial charge < -0.3 is 15.4 Å². The highest BCUT2D eigenvalue weighted by Crippen LogP contribution is 2.40. The largest absolute Gasteiger partial charge is 0.381 e. The molecule has 0 spiro atoms. The van der Waals surface area contributed by atoms with Gasteiger partial charge >= 0.3 is 0 Å². The van der Waals surface area contributed by atoms with E-state index in [1.165, 1.54) is 32.1 Å². The van der Waals surface area contributed by atoms with Gasteiger partial charge in [0.1, 0.15) is 0 Å². The minimum atomic E-state index is 0.0919. The predicted octanol–water partition coefficient (Wildman–Crippen LogP) is 2.31. The van der Waals surface area contributed by atoms with Crippen LogP contribution in [0.5, 0.6) is 0 Å². The van der Waals surface area contributed by atoms with Crippen molar-refractivity contribution in [2.24, 2.45) is 17.1 Å². The van der Waals surface area contributed by atoms with E-state index in [1.54, 1.807) is 0 Å². The van der Waals surface area contributed by atoms with E-state index in [0.29, 0.717) is 30.8 Å². The van der Waals surface area contributed by atoms with Crippen LogP contribution in [0.4, 0.5) is 0 Å². The van der Waals surface area contributed by atoms with Crippen molar-refractivity contribution in [3.63, 3.8) is 0 Å². The summed E-state index contributed by atoms with van der Waals surface area (Å²) in [4.78, 5) is 15.0. The smallest absolute Gasteiger partial charge is 0.223 e. The first-order valence-corrected chi connectivity index (χ1v) is 8.80. The molecule has 4 heteroatoms. The molecule has 1 atom stereocenters. The average Bonchev–Trinajstić information content (AvgIpc) is 3.22. The van der Waals surface area contributed by atoms with Gasteiger partial charge in [-0.25, -0.2) is 0 Å². The normalized spacial score (nSPS) is 28.5. The van der Waals surface area contributed by atoms with Gasteiger partial charge in [-0.15, -0.1) is 0 Å². The number of carbonyl (C=O) groups excluding carboxylic acids is 1. The lowest BCUT2D eigenvalue weighted by molar-refractivity contribution is -0.135. The molecule has 1 unspecified atom stereocenters. The number of rotatable bonds is 6. The van der Waals surface area contributed by atoms with Crippen LogP contribution in [0.15, 0.2) is 0 Å². The Morgan fingerprint density at radius 3 is 2.52 bits per heavy atom. The Morgan fingerprint density at radius 2 is 1.95 bits per heavy atom. The molecule has 2 aliphatic carbocycles. The zero-order chi connectivity index (χ0) is 14.7. The molecule has 1 amide bonds. The van der Waals surface area contributed by atoms with E-state index in [2.05, 4.69) is 4.90 Å². The number of hydrogen-bond donors (Lipinski definition) is 1. The Kier molecular flexibility index (Phi) is 4.85. The maximum atomic E-state index is 12.9. The highest BCUT2D eigenvalue weighted by molar-refractivity contribution is 5.77. The SMILES string of the molecule is NCC1(CC(=O)N(CC2CCOC2)C2CC2)CCCCC1. The molecule has 0 bridgehead atoms. The van der Waals surface area contributed by atoms with E-state index in [-0.39, 0.29) is 5.41 Å². The topological polar surface area (TPSA) is 55.6 Å². The van der Waals surface area contributed by atoms with Gasteiger partial charge in [-0.1, -0.05) is 19.3 Å². The average molecular weight is 294 g/mol. The molecule has 0 aromatic rings. The van der Waals surface area contributed by atoms with Gasteiger partial charge in [0.25, 0.3) is 0 Å². The third-order valence-electron chi connectivity index (χ3n) is 5.66. The van der Waals surface area contributed by atoms with Crippen LogP contribution in [0, 0.1) is 11.3 Å². The van der Waals surface area contributed by atoms with E-state index in [1.807, 2.05) is 0 Å². The molecule has 2 N–H and O–H groups in total. The Labute approximate surface area is 128 Å². The van der Waals surface area contributed by atoms with Gasteiger partial charge in [-0.05, 0) is 44.1 Å². The van der Waals surface area contributed by atoms with E-state index >= 15 is 0 Å². The number of ether oxygens (including phenoxy) is 1. The monoisotopic (exact) mass is 294 g/mol. The quantitative estimate of drug-likeness (QED) is 0.818. The summed E-state index contributed by atoms with van der Waals surface area (Å²) in [6.45, 7) is 3.27. The van der Waals surface area contributed by atoms with Gasteiger partial charge in [-0.2, -0.15) is 0 Å². The summed E-state index contributed by atoms with van der Waals surface area (Å²) in [5.74, 6) is 0.909. The van der Waals surface area contributed by atoms with E-state index in [0.717, 1.165) is 39.0 Å². The van der Waals surface area contributed by atoms with Crippen molar-refractivity contribution in [3.8, 4) is 0 Å².